The molecule has 0 spiro atoms. The fourth-order valence-electron chi connectivity index (χ4n) is 1.98. The van der Waals surface area contributed by atoms with Crippen molar-refractivity contribution in [3.63, 3.8) is 0 Å². The Balaban J connectivity index is 2.07. The molecule has 1 aromatic carbocycles. The molecular formula is C15H21N3O2S. The van der Waals surface area contributed by atoms with Gasteiger partial charge < -0.3 is 15.2 Å². The lowest BCUT2D eigenvalue weighted by Crippen LogP contribution is -2.06. The van der Waals surface area contributed by atoms with Crippen molar-refractivity contribution in [1.82, 2.24) is 10.2 Å². The lowest BCUT2D eigenvalue weighted by Gasteiger charge is -2.14. The van der Waals surface area contributed by atoms with Crippen LogP contribution in [0.4, 0.5) is 5.13 Å². The van der Waals surface area contributed by atoms with Crippen LogP contribution in [-0.2, 0) is 6.42 Å². The van der Waals surface area contributed by atoms with Gasteiger partial charge in [-0.3, -0.25) is 0 Å². The zero-order valence-corrected chi connectivity index (χ0v) is 13.6. The average molecular weight is 307 g/mol. The molecule has 0 aliphatic carbocycles. The lowest BCUT2D eigenvalue weighted by atomic mass is 10.1. The molecule has 2 aromatic rings. The van der Waals surface area contributed by atoms with Crippen LogP contribution in [0.25, 0.3) is 0 Å². The van der Waals surface area contributed by atoms with Gasteiger partial charge >= 0.3 is 0 Å². The van der Waals surface area contributed by atoms with Gasteiger partial charge in [-0.15, -0.1) is 10.2 Å². The van der Waals surface area contributed by atoms with Crippen LogP contribution in [0, 0.1) is 5.92 Å². The van der Waals surface area contributed by atoms with Gasteiger partial charge in [-0.1, -0.05) is 31.3 Å². The van der Waals surface area contributed by atoms with E-state index in [-0.39, 0.29) is 11.8 Å². The predicted molar refractivity (Wildman–Crippen MR) is 85.1 cm³/mol. The van der Waals surface area contributed by atoms with Gasteiger partial charge in [-0.2, -0.15) is 0 Å². The van der Waals surface area contributed by atoms with Gasteiger partial charge in [0.05, 0.1) is 13.2 Å². The number of aromatic hydroxyl groups is 1. The number of benzene rings is 1. The maximum absolute atomic E-state index is 9.63. The van der Waals surface area contributed by atoms with Crippen LogP contribution in [0.1, 0.15) is 37.4 Å². The molecule has 0 aliphatic rings. The van der Waals surface area contributed by atoms with E-state index >= 15 is 0 Å². The minimum absolute atomic E-state index is 0.0550. The van der Waals surface area contributed by atoms with E-state index in [1.54, 1.807) is 24.5 Å². The number of nitrogens with zero attached hydrogens (tertiary/aromatic N) is 2. The third kappa shape index (κ3) is 4.07. The molecule has 0 fully saturated rings. The van der Waals surface area contributed by atoms with Crippen molar-refractivity contribution in [3.8, 4) is 11.5 Å². The highest BCUT2D eigenvalue weighted by atomic mass is 32.1. The summed E-state index contributed by atoms with van der Waals surface area (Å²) in [5.41, 5.74) is 1.02. The zero-order valence-electron chi connectivity index (χ0n) is 12.8. The van der Waals surface area contributed by atoms with Gasteiger partial charge in [0.2, 0.25) is 5.13 Å². The van der Waals surface area contributed by atoms with E-state index in [4.69, 9.17) is 4.74 Å². The van der Waals surface area contributed by atoms with Gasteiger partial charge in [0.15, 0.2) is 11.5 Å². The molecule has 1 unspecified atom stereocenters. The predicted octanol–water partition coefficient (Wildman–Crippen LogP) is 3.62. The first-order valence-corrected chi connectivity index (χ1v) is 7.77. The van der Waals surface area contributed by atoms with Crippen LogP contribution in [0.3, 0.4) is 0 Å². The van der Waals surface area contributed by atoms with Crippen molar-refractivity contribution >= 4 is 16.5 Å². The van der Waals surface area contributed by atoms with Crippen molar-refractivity contribution in [3.05, 3.63) is 28.8 Å². The van der Waals surface area contributed by atoms with Crippen molar-refractivity contribution in [2.75, 3.05) is 12.4 Å². The van der Waals surface area contributed by atoms with E-state index in [9.17, 15) is 5.11 Å². The average Bonchev–Trinajstić information content (AvgIpc) is 2.85. The molecule has 0 saturated heterocycles. The lowest BCUT2D eigenvalue weighted by molar-refractivity contribution is 0.373. The van der Waals surface area contributed by atoms with Crippen LogP contribution in [0.15, 0.2) is 18.2 Å². The highest BCUT2D eigenvalue weighted by Crippen LogP contribution is 2.30. The summed E-state index contributed by atoms with van der Waals surface area (Å²) in [4.78, 5) is 0. The Morgan fingerprint density at radius 3 is 2.71 bits per heavy atom. The number of rotatable bonds is 6. The van der Waals surface area contributed by atoms with E-state index in [0.29, 0.717) is 11.7 Å². The second-order valence-corrected chi connectivity index (χ2v) is 6.46. The number of phenols is 1. The van der Waals surface area contributed by atoms with Crippen LogP contribution in [0.2, 0.25) is 0 Å². The minimum atomic E-state index is 0.0550. The van der Waals surface area contributed by atoms with Crippen LogP contribution >= 0.6 is 11.3 Å². The zero-order chi connectivity index (χ0) is 15.4. The Labute approximate surface area is 129 Å². The number of ether oxygens (including phenoxy) is 1. The Hall–Kier alpha value is -1.82. The first-order chi connectivity index (χ1) is 9.99. The van der Waals surface area contributed by atoms with Crippen molar-refractivity contribution in [1.29, 1.82) is 0 Å². The number of nitrogens with one attached hydrogen (secondary N) is 1. The summed E-state index contributed by atoms with van der Waals surface area (Å²) in [6.07, 6.45) is 0.945. The molecule has 2 rings (SSSR count). The van der Waals surface area contributed by atoms with Gasteiger partial charge in [-0.05, 0) is 30.5 Å². The van der Waals surface area contributed by atoms with E-state index in [1.165, 1.54) is 0 Å². The summed E-state index contributed by atoms with van der Waals surface area (Å²) in [5, 5.41) is 23.2. The van der Waals surface area contributed by atoms with Gasteiger partial charge in [-0.25, -0.2) is 0 Å². The van der Waals surface area contributed by atoms with E-state index in [0.717, 1.165) is 22.1 Å². The first-order valence-electron chi connectivity index (χ1n) is 6.95. The molecule has 1 atom stereocenters. The largest absolute Gasteiger partial charge is 0.504 e. The van der Waals surface area contributed by atoms with E-state index < -0.39 is 0 Å². The summed E-state index contributed by atoms with van der Waals surface area (Å²) < 4.78 is 5.13. The number of methoxy groups -OCH3 is 1. The van der Waals surface area contributed by atoms with Crippen LogP contribution in [0.5, 0.6) is 11.5 Å². The number of anilines is 1. The van der Waals surface area contributed by atoms with Crippen LogP contribution < -0.4 is 10.1 Å². The molecule has 1 aromatic heterocycles. The Morgan fingerprint density at radius 1 is 1.29 bits per heavy atom. The minimum Gasteiger partial charge on any atom is -0.504 e. The molecule has 0 aliphatic heterocycles. The van der Waals surface area contributed by atoms with Crippen molar-refractivity contribution in [2.45, 2.75) is 33.2 Å². The standard InChI is InChI=1S/C15H21N3O2S/c1-9(2)7-14-17-18-15(21-14)16-10(3)11-5-6-12(19)13(8-11)20-4/h5-6,8-10,19H,7H2,1-4H3,(H,16,18). The highest BCUT2D eigenvalue weighted by Gasteiger charge is 2.12. The quantitative estimate of drug-likeness (QED) is 0.853. The second-order valence-electron chi connectivity index (χ2n) is 5.40. The summed E-state index contributed by atoms with van der Waals surface area (Å²) in [6.45, 7) is 6.37. The maximum Gasteiger partial charge on any atom is 0.206 e. The molecule has 0 radical (unpaired) electrons. The SMILES string of the molecule is COc1cc(C(C)Nc2nnc(CC(C)C)s2)ccc1O. The Kier molecular flexibility index (Phi) is 5.01. The smallest absolute Gasteiger partial charge is 0.206 e. The van der Waals surface area contributed by atoms with Gasteiger partial charge in [0.1, 0.15) is 5.01 Å². The molecule has 1 heterocycles. The number of hydrogen-bond donors (Lipinski definition) is 2. The molecular weight excluding hydrogens is 286 g/mol. The van der Waals surface area contributed by atoms with E-state index in [2.05, 4.69) is 29.4 Å². The normalized spacial score (nSPS) is 12.4. The molecule has 6 heteroatoms. The summed E-state index contributed by atoms with van der Waals surface area (Å²) in [5.74, 6) is 1.19. The molecule has 21 heavy (non-hydrogen) atoms. The van der Waals surface area contributed by atoms with Crippen molar-refractivity contribution < 1.29 is 9.84 Å². The summed E-state index contributed by atoms with van der Waals surface area (Å²) >= 11 is 1.58. The second kappa shape index (κ2) is 6.76. The van der Waals surface area contributed by atoms with Crippen molar-refractivity contribution in [2.24, 2.45) is 5.92 Å². The van der Waals surface area contributed by atoms with Crippen LogP contribution in [-0.4, -0.2) is 22.4 Å². The third-order valence-electron chi connectivity index (χ3n) is 3.09. The fourth-order valence-corrected chi connectivity index (χ4v) is 3.01. The molecule has 5 nitrogen and oxygen atoms in total. The number of aromatic nitrogens is 2. The number of phenolic OH excluding ortho intramolecular Hbond substituents is 1. The fraction of sp³-hybridized carbons (Fsp3) is 0.467. The molecule has 2 N–H and O–H groups in total. The summed E-state index contributed by atoms with van der Waals surface area (Å²) in [6, 6.07) is 5.38. The monoisotopic (exact) mass is 307 g/mol. The molecule has 114 valence electrons. The maximum atomic E-state index is 9.63. The van der Waals surface area contributed by atoms with E-state index in [1.807, 2.05) is 19.1 Å². The third-order valence-corrected chi connectivity index (χ3v) is 3.97. The highest BCUT2D eigenvalue weighted by molar-refractivity contribution is 7.15. The topological polar surface area (TPSA) is 67.3 Å². The first kappa shape index (κ1) is 15.6. The molecule has 0 saturated carbocycles. The van der Waals surface area contributed by atoms with Gasteiger partial charge in [0, 0.05) is 6.42 Å². The Morgan fingerprint density at radius 2 is 2.05 bits per heavy atom. The molecule has 0 bridgehead atoms. The number of hydrogen-bond acceptors (Lipinski definition) is 6. The molecule has 0 amide bonds. The van der Waals surface area contributed by atoms with Gasteiger partial charge in [0.25, 0.3) is 0 Å². The Bertz CT molecular complexity index is 598. The summed E-state index contributed by atoms with van der Waals surface area (Å²) in [7, 11) is 1.54.